The Bertz CT molecular complexity index is 988. The van der Waals surface area contributed by atoms with Gasteiger partial charge in [-0.1, -0.05) is 0 Å². The Balaban J connectivity index is 1.71. The maximum atomic E-state index is 14.0. The molecule has 0 spiro atoms. The molecule has 0 radical (unpaired) electrons. The average molecular weight is 379 g/mol. The molecule has 2 aliphatic carbocycles. The summed E-state index contributed by atoms with van der Waals surface area (Å²) in [5, 5.41) is 5.86. The van der Waals surface area contributed by atoms with Gasteiger partial charge in [0.05, 0.1) is 11.4 Å². The summed E-state index contributed by atoms with van der Waals surface area (Å²) >= 11 is 0. The Morgan fingerprint density at radius 1 is 0.786 bits per heavy atom. The van der Waals surface area contributed by atoms with E-state index in [1.54, 1.807) is 14.1 Å². The number of nitrogens with one attached hydrogen (secondary N) is 3. The summed E-state index contributed by atoms with van der Waals surface area (Å²) in [4.78, 5) is 3.63. The molecule has 5 heteroatoms. The van der Waals surface area contributed by atoms with E-state index in [0.717, 1.165) is 22.5 Å². The van der Waals surface area contributed by atoms with E-state index in [2.05, 4.69) is 15.6 Å². The summed E-state index contributed by atoms with van der Waals surface area (Å²) in [5.41, 5.74) is 7.83. The summed E-state index contributed by atoms with van der Waals surface area (Å²) in [6.45, 7) is 0. The van der Waals surface area contributed by atoms with E-state index in [0.29, 0.717) is 23.2 Å². The molecule has 1 saturated carbocycles. The fourth-order valence-electron chi connectivity index (χ4n) is 5.08. The lowest BCUT2D eigenvalue weighted by Crippen LogP contribution is -1.98. The molecule has 1 fully saturated rings. The number of rotatable bonds is 4. The van der Waals surface area contributed by atoms with Gasteiger partial charge in [0.1, 0.15) is 11.6 Å². The maximum Gasteiger partial charge on any atom is 0.146 e. The Kier molecular flexibility index (Phi) is 3.93. The molecule has 0 aliphatic heterocycles. The van der Waals surface area contributed by atoms with Crippen LogP contribution in [0.1, 0.15) is 42.2 Å². The fraction of sp³-hybridized carbons (Fsp3) is 0.304. The Morgan fingerprint density at radius 2 is 1.25 bits per heavy atom. The van der Waals surface area contributed by atoms with E-state index in [4.69, 9.17) is 0 Å². The normalized spacial score (nSPS) is 19.7. The molecule has 3 N–H and O–H groups in total. The number of fused-ring (bicyclic) bond motifs is 5. The molecule has 5 rings (SSSR count). The van der Waals surface area contributed by atoms with E-state index >= 15 is 0 Å². The van der Waals surface area contributed by atoms with Crippen molar-refractivity contribution >= 4 is 11.4 Å². The first-order valence-corrected chi connectivity index (χ1v) is 9.81. The van der Waals surface area contributed by atoms with Crippen LogP contribution in [-0.4, -0.2) is 19.1 Å². The highest BCUT2D eigenvalue weighted by atomic mass is 19.1. The van der Waals surface area contributed by atoms with E-state index in [1.165, 1.54) is 42.5 Å². The molecule has 2 aliphatic rings. The highest BCUT2D eigenvalue weighted by Gasteiger charge is 2.42. The van der Waals surface area contributed by atoms with Gasteiger partial charge in [-0.2, -0.15) is 0 Å². The molecule has 0 saturated heterocycles. The summed E-state index contributed by atoms with van der Waals surface area (Å²) in [6.07, 6.45) is 3.58. The maximum absolute atomic E-state index is 14.0. The second-order valence-electron chi connectivity index (χ2n) is 7.80. The van der Waals surface area contributed by atoms with Crippen molar-refractivity contribution in [2.75, 3.05) is 24.7 Å². The van der Waals surface area contributed by atoms with Gasteiger partial charge in [-0.05, 0) is 78.6 Å². The quantitative estimate of drug-likeness (QED) is 0.514. The average Bonchev–Trinajstić information content (AvgIpc) is 3.42. The van der Waals surface area contributed by atoms with E-state index in [-0.39, 0.29) is 11.6 Å². The zero-order valence-electron chi connectivity index (χ0n) is 16.0. The molecule has 144 valence electrons. The molecule has 0 unspecified atom stereocenters. The number of hydrogen-bond donors (Lipinski definition) is 3. The number of hydrogen-bond acceptors (Lipinski definition) is 2. The van der Waals surface area contributed by atoms with Gasteiger partial charge in [0.2, 0.25) is 0 Å². The largest absolute Gasteiger partial charge is 0.386 e. The first-order valence-electron chi connectivity index (χ1n) is 9.81. The topological polar surface area (TPSA) is 39.9 Å². The van der Waals surface area contributed by atoms with E-state index < -0.39 is 0 Å². The minimum Gasteiger partial charge on any atom is -0.386 e. The molecule has 1 aromatic heterocycles. The van der Waals surface area contributed by atoms with Gasteiger partial charge in [0.15, 0.2) is 0 Å². The lowest BCUT2D eigenvalue weighted by atomic mass is 9.89. The lowest BCUT2D eigenvalue weighted by molar-refractivity contribution is 0.631. The van der Waals surface area contributed by atoms with Gasteiger partial charge in [0, 0.05) is 36.6 Å². The molecule has 1 heterocycles. The number of H-pyrrole nitrogens is 1. The monoisotopic (exact) mass is 379 g/mol. The molecule has 28 heavy (non-hydrogen) atoms. The molecule has 2 bridgehead atoms. The summed E-state index contributed by atoms with van der Waals surface area (Å²) in [6, 6.07) is 10.4. The Hall–Kier alpha value is -2.82. The Morgan fingerprint density at radius 3 is 1.68 bits per heavy atom. The number of anilines is 2. The fourth-order valence-corrected chi connectivity index (χ4v) is 5.08. The predicted molar refractivity (Wildman–Crippen MR) is 110 cm³/mol. The van der Waals surface area contributed by atoms with Crippen molar-refractivity contribution in [1.82, 2.24) is 4.98 Å². The first kappa shape index (κ1) is 17.3. The van der Waals surface area contributed by atoms with Crippen LogP contribution in [0.4, 0.5) is 20.2 Å². The van der Waals surface area contributed by atoms with Crippen molar-refractivity contribution in [2.45, 2.75) is 31.1 Å². The van der Waals surface area contributed by atoms with Crippen LogP contribution in [0.2, 0.25) is 0 Å². The van der Waals surface area contributed by atoms with Crippen LogP contribution in [0.3, 0.4) is 0 Å². The van der Waals surface area contributed by atoms with Crippen molar-refractivity contribution in [3.63, 3.8) is 0 Å². The van der Waals surface area contributed by atoms with Crippen LogP contribution in [0, 0.1) is 11.6 Å². The Labute approximate surface area is 163 Å². The van der Waals surface area contributed by atoms with Crippen LogP contribution in [-0.2, 0) is 0 Å². The molecular weight excluding hydrogens is 356 g/mol. The molecular formula is C23H23F2N3. The third kappa shape index (κ3) is 2.45. The molecule has 0 amide bonds. The zero-order valence-corrected chi connectivity index (χ0v) is 16.0. The minimum atomic E-state index is -0.256. The summed E-state index contributed by atoms with van der Waals surface area (Å²) in [5.74, 6) is 0.585. The predicted octanol–water partition coefficient (Wildman–Crippen LogP) is 6.08. The first-order chi connectivity index (χ1) is 13.6. The number of aromatic nitrogens is 1. The molecule has 3 nitrogen and oxygen atoms in total. The van der Waals surface area contributed by atoms with Gasteiger partial charge >= 0.3 is 0 Å². The second kappa shape index (κ2) is 6.36. The van der Waals surface area contributed by atoms with Gasteiger partial charge in [0.25, 0.3) is 0 Å². The molecule has 2 atom stereocenters. The highest BCUT2D eigenvalue weighted by Crippen LogP contribution is 2.58. The lowest BCUT2D eigenvalue weighted by Gasteiger charge is -2.14. The SMILES string of the molecule is CNc1cc(-c2[nH]c(-c3ccc(F)c(NC)c3)c3c2[C@@H]2CC[C@H]3C2)ccc1F. The van der Waals surface area contributed by atoms with Crippen molar-refractivity contribution in [1.29, 1.82) is 0 Å². The number of aromatic amines is 1. The van der Waals surface area contributed by atoms with Gasteiger partial charge in [-0.15, -0.1) is 0 Å². The standard InChI is InChI=1S/C23H23F2N3/c1-26-18-10-14(5-7-16(18)24)22-20-12-3-4-13(9-12)21(20)23(28-22)15-6-8-17(25)19(11-15)27-2/h5-8,10-13,26-28H,3-4,9H2,1-2H3/t12-,13+. The number of benzene rings is 2. The smallest absolute Gasteiger partial charge is 0.146 e. The van der Waals surface area contributed by atoms with E-state index in [1.807, 2.05) is 24.3 Å². The van der Waals surface area contributed by atoms with E-state index in [9.17, 15) is 8.78 Å². The third-order valence-electron chi connectivity index (χ3n) is 6.38. The van der Waals surface area contributed by atoms with Gasteiger partial charge in [-0.25, -0.2) is 8.78 Å². The van der Waals surface area contributed by atoms with Crippen molar-refractivity contribution in [3.8, 4) is 22.5 Å². The summed E-state index contributed by atoms with van der Waals surface area (Å²) < 4.78 is 28.0. The minimum absolute atomic E-state index is 0.256. The van der Waals surface area contributed by atoms with Crippen LogP contribution in [0.15, 0.2) is 36.4 Å². The van der Waals surface area contributed by atoms with Crippen molar-refractivity contribution < 1.29 is 8.78 Å². The molecule has 3 aromatic rings. The van der Waals surface area contributed by atoms with Gasteiger partial charge in [-0.3, -0.25) is 0 Å². The van der Waals surface area contributed by atoms with Crippen molar-refractivity contribution in [2.24, 2.45) is 0 Å². The summed E-state index contributed by atoms with van der Waals surface area (Å²) in [7, 11) is 3.46. The number of halogens is 2. The molecule has 2 aromatic carbocycles. The second-order valence-corrected chi connectivity index (χ2v) is 7.80. The highest BCUT2D eigenvalue weighted by molar-refractivity contribution is 5.81. The van der Waals surface area contributed by atoms with Crippen LogP contribution in [0.5, 0.6) is 0 Å². The van der Waals surface area contributed by atoms with Crippen LogP contribution >= 0.6 is 0 Å². The van der Waals surface area contributed by atoms with Crippen molar-refractivity contribution in [3.05, 3.63) is 59.2 Å². The van der Waals surface area contributed by atoms with Crippen LogP contribution < -0.4 is 10.6 Å². The third-order valence-corrected chi connectivity index (χ3v) is 6.38. The zero-order chi connectivity index (χ0) is 19.4. The van der Waals surface area contributed by atoms with Crippen LogP contribution in [0.25, 0.3) is 22.5 Å². The van der Waals surface area contributed by atoms with Gasteiger partial charge < -0.3 is 15.6 Å².